The summed E-state index contributed by atoms with van der Waals surface area (Å²) in [6, 6.07) is 25.1. The normalized spacial score (nSPS) is 11.5. The zero-order chi connectivity index (χ0) is 20.0. The standard InChI is InChI=1S/C27H32O/c1-4-5-6-9-16-22-19-20-24(28)26(25(22)21-14-10-7-11-15-21)27(2,3)23-17-12-8-13-18-23/h7-8,10-15,17-20,28H,4-6,9,16H2,1-3H3. The zero-order valence-electron chi connectivity index (χ0n) is 17.4. The lowest BCUT2D eigenvalue weighted by Gasteiger charge is -2.31. The van der Waals surface area contributed by atoms with E-state index in [0.29, 0.717) is 5.75 Å². The van der Waals surface area contributed by atoms with Crippen molar-refractivity contribution >= 4 is 0 Å². The molecule has 0 saturated heterocycles. The number of unbranched alkanes of at least 4 members (excludes halogenated alkanes) is 3. The number of aryl methyl sites for hydroxylation is 1. The van der Waals surface area contributed by atoms with Gasteiger partial charge < -0.3 is 5.11 Å². The quantitative estimate of drug-likeness (QED) is 0.406. The van der Waals surface area contributed by atoms with Crippen LogP contribution in [-0.4, -0.2) is 5.11 Å². The van der Waals surface area contributed by atoms with E-state index in [-0.39, 0.29) is 5.41 Å². The van der Waals surface area contributed by atoms with E-state index < -0.39 is 0 Å². The second kappa shape index (κ2) is 9.10. The summed E-state index contributed by atoms with van der Waals surface area (Å²) < 4.78 is 0. The van der Waals surface area contributed by atoms with E-state index in [1.54, 1.807) is 0 Å². The fraction of sp³-hybridized carbons (Fsp3) is 0.333. The van der Waals surface area contributed by atoms with E-state index in [0.717, 1.165) is 12.0 Å². The van der Waals surface area contributed by atoms with Gasteiger partial charge in [-0.1, -0.05) is 107 Å². The van der Waals surface area contributed by atoms with Crippen LogP contribution in [0.25, 0.3) is 11.1 Å². The van der Waals surface area contributed by atoms with Crippen molar-refractivity contribution in [1.82, 2.24) is 0 Å². The van der Waals surface area contributed by atoms with Gasteiger partial charge in [0.1, 0.15) is 5.75 Å². The lowest BCUT2D eigenvalue weighted by atomic mass is 9.73. The first-order chi connectivity index (χ1) is 13.6. The first kappa shape index (κ1) is 20.2. The molecule has 0 aliphatic heterocycles. The average molecular weight is 373 g/mol. The van der Waals surface area contributed by atoms with Crippen molar-refractivity contribution in [2.24, 2.45) is 0 Å². The summed E-state index contributed by atoms with van der Waals surface area (Å²) in [4.78, 5) is 0. The minimum Gasteiger partial charge on any atom is -0.508 e. The highest BCUT2D eigenvalue weighted by molar-refractivity contribution is 5.76. The van der Waals surface area contributed by atoms with Crippen molar-refractivity contribution in [2.75, 3.05) is 0 Å². The monoisotopic (exact) mass is 372 g/mol. The zero-order valence-corrected chi connectivity index (χ0v) is 17.4. The Morgan fingerprint density at radius 1 is 0.750 bits per heavy atom. The number of benzene rings is 3. The molecule has 0 heterocycles. The molecule has 3 aromatic rings. The number of phenolic OH excluding ortho intramolecular Hbond substituents is 1. The topological polar surface area (TPSA) is 20.2 Å². The van der Waals surface area contributed by atoms with Crippen LogP contribution in [0.15, 0.2) is 72.8 Å². The average Bonchev–Trinajstić information content (AvgIpc) is 2.73. The van der Waals surface area contributed by atoms with Crippen molar-refractivity contribution in [3.8, 4) is 16.9 Å². The summed E-state index contributed by atoms with van der Waals surface area (Å²) in [5.74, 6) is 0.380. The molecule has 0 spiro atoms. The summed E-state index contributed by atoms with van der Waals surface area (Å²) in [6.07, 6.45) is 6.00. The number of hydrogen-bond donors (Lipinski definition) is 1. The molecule has 0 aromatic heterocycles. The van der Waals surface area contributed by atoms with Crippen molar-refractivity contribution in [3.63, 3.8) is 0 Å². The summed E-state index contributed by atoms with van der Waals surface area (Å²) in [6.45, 7) is 6.67. The predicted octanol–water partition coefficient (Wildman–Crippen LogP) is 7.51. The lowest BCUT2D eigenvalue weighted by molar-refractivity contribution is 0.453. The molecule has 0 bridgehead atoms. The van der Waals surface area contributed by atoms with Crippen molar-refractivity contribution in [1.29, 1.82) is 0 Å². The van der Waals surface area contributed by atoms with Gasteiger partial charge in [0.05, 0.1) is 0 Å². The van der Waals surface area contributed by atoms with Crippen LogP contribution in [0.5, 0.6) is 5.75 Å². The van der Waals surface area contributed by atoms with Gasteiger partial charge in [0.15, 0.2) is 0 Å². The van der Waals surface area contributed by atoms with E-state index in [4.69, 9.17) is 0 Å². The minimum atomic E-state index is -0.296. The molecule has 0 aliphatic rings. The van der Waals surface area contributed by atoms with Gasteiger partial charge in [-0.15, -0.1) is 0 Å². The fourth-order valence-corrected chi connectivity index (χ4v) is 4.15. The highest BCUT2D eigenvalue weighted by Gasteiger charge is 2.30. The Kier molecular flexibility index (Phi) is 6.57. The smallest absolute Gasteiger partial charge is 0.120 e. The molecule has 0 atom stereocenters. The second-order valence-electron chi connectivity index (χ2n) is 8.16. The molecule has 3 rings (SSSR count). The molecule has 0 unspecified atom stereocenters. The maximum atomic E-state index is 11.0. The Labute approximate surface area is 170 Å². The molecular weight excluding hydrogens is 340 g/mol. The number of hydrogen-bond acceptors (Lipinski definition) is 1. The third-order valence-electron chi connectivity index (χ3n) is 5.75. The summed E-state index contributed by atoms with van der Waals surface area (Å²) >= 11 is 0. The molecule has 0 amide bonds. The van der Waals surface area contributed by atoms with Crippen LogP contribution >= 0.6 is 0 Å². The van der Waals surface area contributed by atoms with E-state index in [2.05, 4.69) is 81.4 Å². The summed E-state index contributed by atoms with van der Waals surface area (Å²) in [7, 11) is 0. The molecule has 0 fully saturated rings. The van der Waals surface area contributed by atoms with Crippen LogP contribution in [0.3, 0.4) is 0 Å². The molecule has 0 radical (unpaired) electrons. The Balaban J connectivity index is 2.15. The van der Waals surface area contributed by atoms with Crippen LogP contribution in [0.2, 0.25) is 0 Å². The van der Waals surface area contributed by atoms with E-state index in [1.165, 1.54) is 47.9 Å². The fourth-order valence-electron chi connectivity index (χ4n) is 4.15. The van der Waals surface area contributed by atoms with Gasteiger partial charge in [-0.3, -0.25) is 0 Å². The van der Waals surface area contributed by atoms with Gasteiger partial charge >= 0.3 is 0 Å². The van der Waals surface area contributed by atoms with Crippen LogP contribution in [0, 0.1) is 0 Å². The lowest BCUT2D eigenvalue weighted by Crippen LogP contribution is -2.21. The van der Waals surface area contributed by atoms with E-state index in [9.17, 15) is 5.11 Å². The Morgan fingerprint density at radius 2 is 1.39 bits per heavy atom. The van der Waals surface area contributed by atoms with Crippen LogP contribution in [0.4, 0.5) is 0 Å². The molecule has 1 heteroatoms. The first-order valence-corrected chi connectivity index (χ1v) is 10.5. The van der Waals surface area contributed by atoms with Gasteiger partial charge in [-0.25, -0.2) is 0 Å². The first-order valence-electron chi connectivity index (χ1n) is 10.5. The largest absolute Gasteiger partial charge is 0.508 e. The molecule has 1 N–H and O–H groups in total. The van der Waals surface area contributed by atoms with Gasteiger partial charge in [0.25, 0.3) is 0 Å². The maximum absolute atomic E-state index is 11.0. The Morgan fingerprint density at radius 3 is 2.04 bits per heavy atom. The Hall–Kier alpha value is -2.54. The van der Waals surface area contributed by atoms with Crippen LogP contribution < -0.4 is 0 Å². The van der Waals surface area contributed by atoms with Crippen LogP contribution in [0.1, 0.15) is 63.1 Å². The number of rotatable bonds is 8. The van der Waals surface area contributed by atoms with E-state index >= 15 is 0 Å². The molecule has 28 heavy (non-hydrogen) atoms. The third kappa shape index (κ3) is 4.30. The van der Waals surface area contributed by atoms with Crippen LogP contribution in [-0.2, 0) is 11.8 Å². The van der Waals surface area contributed by atoms with Gasteiger partial charge in [-0.2, -0.15) is 0 Å². The SMILES string of the molecule is CCCCCCc1ccc(O)c(C(C)(C)c2ccccc2)c1-c1ccccc1. The molecule has 1 nitrogen and oxygen atoms in total. The van der Waals surface area contributed by atoms with E-state index in [1.807, 2.05) is 12.1 Å². The highest BCUT2D eigenvalue weighted by Crippen LogP contribution is 2.44. The van der Waals surface area contributed by atoms with Crippen molar-refractivity contribution < 1.29 is 5.11 Å². The molecule has 0 aliphatic carbocycles. The van der Waals surface area contributed by atoms with Crippen molar-refractivity contribution in [2.45, 2.75) is 58.3 Å². The molecular formula is C27H32O. The van der Waals surface area contributed by atoms with Gasteiger partial charge in [0.2, 0.25) is 0 Å². The number of aromatic hydroxyl groups is 1. The maximum Gasteiger partial charge on any atom is 0.120 e. The highest BCUT2D eigenvalue weighted by atomic mass is 16.3. The summed E-state index contributed by atoms with van der Waals surface area (Å²) in [5, 5.41) is 11.0. The molecule has 0 saturated carbocycles. The molecule has 3 aromatic carbocycles. The summed E-state index contributed by atoms with van der Waals surface area (Å²) in [5.41, 5.74) is 5.66. The Bertz CT molecular complexity index is 879. The van der Waals surface area contributed by atoms with Gasteiger partial charge in [0, 0.05) is 11.0 Å². The number of phenols is 1. The predicted molar refractivity (Wildman–Crippen MR) is 120 cm³/mol. The second-order valence-corrected chi connectivity index (χ2v) is 8.16. The molecule has 146 valence electrons. The van der Waals surface area contributed by atoms with Gasteiger partial charge in [-0.05, 0) is 41.2 Å². The minimum absolute atomic E-state index is 0.296. The van der Waals surface area contributed by atoms with Crippen molar-refractivity contribution in [3.05, 3.63) is 89.5 Å². The third-order valence-corrected chi connectivity index (χ3v) is 5.75.